The van der Waals surface area contributed by atoms with E-state index < -0.39 is 0 Å². The molecule has 2 rings (SSSR count). The summed E-state index contributed by atoms with van der Waals surface area (Å²) in [6.07, 6.45) is -0.0232. The molecule has 2 heteroatoms. The average Bonchev–Trinajstić information content (AvgIpc) is 2.94. The number of aliphatic hydroxyl groups excluding tert-OH is 1. The van der Waals surface area contributed by atoms with Crippen LogP contribution in [-0.4, -0.2) is 17.8 Å². The quantitative estimate of drug-likeness (QED) is 0.742. The van der Waals surface area contributed by atoms with Gasteiger partial charge in [-0.05, 0) is 11.5 Å². The maximum Gasteiger partial charge on any atom is 0.124 e. The molecule has 0 saturated carbocycles. The number of ether oxygens (including phenoxy) is 1. The summed E-state index contributed by atoms with van der Waals surface area (Å²) in [4.78, 5) is 0. The highest BCUT2D eigenvalue weighted by atomic mass is 16.6. The highest BCUT2D eigenvalue weighted by Crippen LogP contribution is 2.51. The van der Waals surface area contributed by atoms with Gasteiger partial charge < -0.3 is 9.84 Å². The van der Waals surface area contributed by atoms with Crippen molar-refractivity contribution in [3.8, 4) is 0 Å². The Labute approximate surface area is 84.5 Å². The molecule has 0 spiro atoms. The average molecular weight is 192 g/mol. The molecule has 2 atom stereocenters. The first-order valence-corrected chi connectivity index (χ1v) is 5.06. The zero-order chi connectivity index (χ0) is 10.2. The van der Waals surface area contributed by atoms with Crippen LogP contribution in [-0.2, 0) is 10.3 Å². The van der Waals surface area contributed by atoms with Gasteiger partial charge >= 0.3 is 0 Å². The maximum absolute atomic E-state index is 9.13. The van der Waals surface area contributed by atoms with Crippen molar-refractivity contribution >= 4 is 0 Å². The Morgan fingerprint density at radius 1 is 1.36 bits per heavy atom. The van der Waals surface area contributed by atoms with Gasteiger partial charge in [0, 0.05) is 0 Å². The van der Waals surface area contributed by atoms with E-state index in [4.69, 9.17) is 9.84 Å². The second-order valence-electron chi connectivity index (χ2n) is 4.10. The molecule has 1 fully saturated rings. The zero-order valence-corrected chi connectivity index (χ0v) is 8.60. The lowest BCUT2D eigenvalue weighted by molar-refractivity contribution is 0.219. The molecule has 0 aromatic heterocycles. The Morgan fingerprint density at radius 2 is 2.00 bits per heavy atom. The SMILES string of the molecule is CC(C)[C@]1(c2ccccc2)O[C@@H]1CO. The topological polar surface area (TPSA) is 32.8 Å². The van der Waals surface area contributed by atoms with Gasteiger partial charge in [-0.2, -0.15) is 0 Å². The minimum absolute atomic E-state index is 0.0232. The highest BCUT2D eigenvalue weighted by Gasteiger charge is 2.59. The van der Waals surface area contributed by atoms with Crippen LogP contribution in [0.5, 0.6) is 0 Å². The van der Waals surface area contributed by atoms with Crippen LogP contribution in [0.2, 0.25) is 0 Å². The summed E-state index contributed by atoms with van der Waals surface area (Å²) < 4.78 is 5.65. The Hall–Kier alpha value is -0.860. The minimum Gasteiger partial charge on any atom is -0.394 e. The van der Waals surface area contributed by atoms with E-state index in [1.807, 2.05) is 18.2 Å². The fraction of sp³-hybridized carbons (Fsp3) is 0.500. The number of hydrogen-bond donors (Lipinski definition) is 1. The van der Waals surface area contributed by atoms with Crippen molar-refractivity contribution in [3.63, 3.8) is 0 Å². The van der Waals surface area contributed by atoms with Gasteiger partial charge in [0.05, 0.1) is 6.61 Å². The fourth-order valence-electron chi connectivity index (χ4n) is 2.17. The summed E-state index contributed by atoms with van der Waals surface area (Å²) in [5.41, 5.74) is 0.935. The van der Waals surface area contributed by atoms with Crippen LogP contribution in [0.3, 0.4) is 0 Å². The minimum atomic E-state index is -0.240. The van der Waals surface area contributed by atoms with Gasteiger partial charge in [0.25, 0.3) is 0 Å². The lowest BCUT2D eigenvalue weighted by Gasteiger charge is -2.17. The first-order valence-electron chi connectivity index (χ1n) is 5.06. The molecule has 14 heavy (non-hydrogen) atoms. The predicted molar refractivity (Wildman–Crippen MR) is 54.9 cm³/mol. The summed E-state index contributed by atoms with van der Waals surface area (Å²) in [7, 11) is 0. The van der Waals surface area contributed by atoms with Crippen LogP contribution in [0.1, 0.15) is 19.4 Å². The summed E-state index contributed by atoms with van der Waals surface area (Å²) in [6, 6.07) is 10.1. The Morgan fingerprint density at radius 3 is 2.43 bits per heavy atom. The molecule has 1 heterocycles. The van der Waals surface area contributed by atoms with Crippen molar-refractivity contribution in [2.45, 2.75) is 25.6 Å². The molecule has 0 unspecified atom stereocenters. The molecule has 76 valence electrons. The van der Waals surface area contributed by atoms with E-state index in [1.165, 1.54) is 5.56 Å². The monoisotopic (exact) mass is 192 g/mol. The molecule has 0 amide bonds. The van der Waals surface area contributed by atoms with E-state index >= 15 is 0 Å². The maximum atomic E-state index is 9.13. The third-order valence-corrected chi connectivity index (χ3v) is 3.01. The van der Waals surface area contributed by atoms with Crippen molar-refractivity contribution < 1.29 is 9.84 Å². The molecule has 1 aliphatic rings. The van der Waals surface area contributed by atoms with Gasteiger partial charge in [-0.15, -0.1) is 0 Å². The molecule has 0 bridgehead atoms. The first-order chi connectivity index (χ1) is 6.71. The fourth-order valence-corrected chi connectivity index (χ4v) is 2.17. The summed E-state index contributed by atoms with van der Waals surface area (Å²) >= 11 is 0. The summed E-state index contributed by atoms with van der Waals surface area (Å²) in [5.74, 6) is 0.391. The Bertz CT molecular complexity index is 307. The first kappa shape index (κ1) is 9.69. The lowest BCUT2D eigenvalue weighted by Crippen LogP contribution is -2.21. The molecule has 1 aromatic carbocycles. The van der Waals surface area contributed by atoms with E-state index in [2.05, 4.69) is 26.0 Å². The van der Waals surface area contributed by atoms with Gasteiger partial charge in [0.1, 0.15) is 11.7 Å². The normalized spacial score (nSPS) is 30.7. The van der Waals surface area contributed by atoms with Crippen LogP contribution < -0.4 is 0 Å². The van der Waals surface area contributed by atoms with E-state index in [1.54, 1.807) is 0 Å². The molecule has 2 nitrogen and oxygen atoms in total. The molecular weight excluding hydrogens is 176 g/mol. The number of aliphatic hydroxyl groups is 1. The standard InChI is InChI=1S/C12H16O2/c1-9(2)12(11(8-13)14-12)10-6-4-3-5-7-10/h3-7,9,11,13H,8H2,1-2H3/t11-,12-/m1/s1. The van der Waals surface area contributed by atoms with Crippen LogP contribution in [0, 0.1) is 5.92 Å². The smallest absolute Gasteiger partial charge is 0.124 e. The van der Waals surface area contributed by atoms with Crippen molar-refractivity contribution in [1.29, 1.82) is 0 Å². The Kier molecular flexibility index (Phi) is 2.33. The van der Waals surface area contributed by atoms with Crippen LogP contribution >= 0.6 is 0 Å². The molecule has 1 saturated heterocycles. The molecular formula is C12H16O2. The number of epoxide rings is 1. The van der Waals surface area contributed by atoms with Crippen LogP contribution in [0.25, 0.3) is 0 Å². The summed E-state index contributed by atoms with van der Waals surface area (Å²) in [5, 5.41) is 9.13. The van der Waals surface area contributed by atoms with E-state index in [-0.39, 0.29) is 18.3 Å². The van der Waals surface area contributed by atoms with E-state index in [0.717, 1.165) is 0 Å². The largest absolute Gasteiger partial charge is 0.394 e. The molecule has 0 radical (unpaired) electrons. The predicted octanol–water partition coefficient (Wildman–Crippen LogP) is 1.93. The van der Waals surface area contributed by atoms with Gasteiger partial charge in [-0.3, -0.25) is 0 Å². The van der Waals surface area contributed by atoms with Crippen LogP contribution in [0.15, 0.2) is 30.3 Å². The van der Waals surface area contributed by atoms with Crippen molar-refractivity contribution in [3.05, 3.63) is 35.9 Å². The third-order valence-electron chi connectivity index (χ3n) is 3.01. The lowest BCUT2D eigenvalue weighted by atomic mass is 9.85. The molecule has 1 aromatic rings. The highest BCUT2D eigenvalue weighted by molar-refractivity contribution is 5.30. The number of hydrogen-bond acceptors (Lipinski definition) is 2. The molecule has 1 N–H and O–H groups in total. The number of rotatable bonds is 3. The zero-order valence-electron chi connectivity index (χ0n) is 8.60. The number of benzene rings is 1. The third kappa shape index (κ3) is 1.26. The van der Waals surface area contributed by atoms with Crippen molar-refractivity contribution in [2.24, 2.45) is 5.92 Å². The molecule has 1 aliphatic heterocycles. The summed E-state index contributed by atoms with van der Waals surface area (Å²) in [6.45, 7) is 4.36. The van der Waals surface area contributed by atoms with Gasteiger partial charge in [-0.1, -0.05) is 44.2 Å². The van der Waals surface area contributed by atoms with Crippen LogP contribution in [0.4, 0.5) is 0 Å². The van der Waals surface area contributed by atoms with Crippen molar-refractivity contribution in [1.82, 2.24) is 0 Å². The van der Waals surface area contributed by atoms with E-state index in [0.29, 0.717) is 5.92 Å². The van der Waals surface area contributed by atoms with Gasteiger partial charge in [-0.25, -0.2) is 0 Å². The second-order valence-corrected chi connectivity index (χ2v) is 4.10. The van der Waals surface area contributed by atoms with E-state index in [9.17, 15) is 0 Å². The Balaban J connectivity index is 2.31. The second kappa shape index (κ2) is 3.37. The molecule has 0 aliphatic carbocycles. The van der Waals surface area contributed by atoms with Gasteiger partial charge in [0.15, 0.2) is 0 Å². The van der Waals surface area contributed by atoms with Gasteiger partial charge in [0.2, 0.25) is 0 Å². The van der Waals surface area contributed by atoms with Crippen molar-refractivity contribution in [2.75, 3.05) is 6.61 Å².